The maximum atomic E-state index is 12.6. The van der Waals surface area contributed by atoms with E-state index in [1.807, 2.05) is 27.7 Å². The van der Waals surface area contributed by atoms with Gasteiger partial charge in [0.05, 0.1) is 5.56 Å². The second-order valence-corrected chi connectivity index (χ2v) is 4.06. The highest BCUT2D eigenvalue weighted by atomic mass is 31.0. The first-order chi connectivity index (χ1) is 9.84. The highest BCUT2D eigenvalue weighted by molar-refractivity contribution is 7.27. The highest BCUT2D eigenvalue weighted by Gasteiger charge is 2.30. The van der Waals surface area contributed by atoms with Crippen LogP contribution in [-0.2, 0) is 6.18 Å². The number of rotatable bonds is 3. The van der Waals surface area contributed by atoms with Crippen molar-refractivity contribution in [3.63, 3.8) is 0 Å². The van der Waals surface area contributed by atoms with Crippen LogP contribution in [0.25, 0.3) is 5.57 Å². The van der Waals surface area contributed by atoms with Crippen molar-refractivity contribution in [1.29, 1.82) is 5.41 Å². The van der Waals surface area contributed by atoms with Gasteiger partial charge in [0, 0.05) is 6.21 Å². The van der Waals surface area contributed by atoms with Crippen LogP contribution in [0.3, 0.4) is 0 Å². The zero-order valence-corrected chi connectivity index (χ0v) is 14.0. The van der Waals surface area contributed by atoms with Crippen LogP contribution in [0.2, 0.25) is 0 Å². The lowest BCUT2D eigenvalue weighted by Gasteiger charge is -2.10. The third-order valence-corrected chi connectivity index (χ3v) is 2.38. The van der Waals surface area contributed by atoms with Gasteiger partial charge in [-0.2, -0.15) is 13.2 Å². The minimum absolute atomic E-state index is 0.392. The van der Waals surface area contributed by atoms with Gasteiger partial charge < -0.3 is 5.41 Å². The quantitative estimate of drug-likeness (QED) is 0.434. The predicted octanol–water partition coefficient (Wildman–Crippen LogP) is 5.48. The molecule has 1 rings (SSSR count). The summed E-state index contributed by atoms with van der Waals surface area (Å²) >= 11 is 0. The number of nitrogens with one attached hydrogen (secondary N) is 1. The van der Waals surface area contributed by atoms with Crippen molar-refractivity contribution in [2.45, 2.75) is 33.9 Å². The molecular formula is C16H23F3NP. The fourth-order valence-corrected chi connectivity index (χ4v) is 1.62. The van der Waals surface area contributed by atoms with Gasteiger partial charge in [-0.25, -0.2) is 0 Å². The van der Waals surface area contributed by atoms with E-state index in [9.17, 15) is 13.2 Å². The van der Waals surface area contributed by atoms with Gasteiger partial charge in [0.1, 0.15) is 0 Å². The lowest BCUT2D eigenvalue weighted by atomic mass is 10.0. The first-order valence-electron chi connectivity index (χ1n) is 6.69. The van der Waals surface area contributed by atoms with E-state index in [4.69, 9.17) is 5.41 Å². The number of alkyl halides is 3. The fourth-order valence-electron chi connectivity index (χ4n) is 1.26. The number of benzene rings is 1. The van der Waals surface area contributed by atoms with Gasteiger partial charge in [-0.05, 0) is 40.7 Å². The van der Waals surface area contributed by atoms with Crippen molar-refractivity contribution >= 4 is 26.3 Å². The summed E-state index contributed by atoms with van der Waals surface area (Å²) in [6.07, 6.45) is -0.426. The summed E-state index contributed by atoms with van der Waals surface area (Å²) in [6, 6.07) is 3.70. The third kappa shape index (κ3) is 8.46. The zero-order chi connectivity index (χ0) is 17.1. The van der Waals surface area contributed by atoms with Crippen molar-refractivity contribution in [3.8, 4) is 0 Å². The summed E-state index contributed by atoms with van der Waals surface area (Å²) in [5.41, 5.74) is 0.121. The zero-order valence-electron chi connectivity index (χ0n) is 12.9. The van der Waals surface area contributed by atoms with E-state index in [0.29, 0.717) is 16.4 Å². The molecule has 0 amide bonds. The van der Waals surface area contributed by atoms with Crippen LogP contribution in [0.5, 0.6) is 0 Å². The molecule has 0 spiro atoms. The van der Waals surface area contributed by atoms with Crippen LogP contribution in [0.15, 0.2) is 36.9 Å². The number of hydrogen-bond acceptors (Lipinski definition) is 1. The molecule has 5 heteroatoms. The van der Waals surface area contributed by atoms with E-state index in [0.717, 1.165) is 18.3 Å². The van der Waals surface area contributed by atoms with Crippen LogP contribution in [-0.4, -0.2) is 6.21 Å². The lowest BCUT2D eigenvalue weighted by Crippen LogP contribution is -2.09. The van der Waals surface area contributed by atoms with Crippen LogP contribution >= 0.6 is 9.24 Å². The SMILES string of the molecule is C=C(/C=C\C=N)c1cc(P)cc(C(F)(F)F)c1.CC.CC. The Bertz CT molecular complexity index is 477. The maximum absolute atomic E-state index is 12.6. The van der Waals surface area contributed by atoms with E-state index in [-0.39, 0.29) is 0 Å². The molecule has 21 heavy (non-hydrogen) atoms. The summed E-state index contributed by atoms with van der Waals surface area (Å²) < 4.78 is 37.7. The Morgan fingerprint density at radius 3 is 2.10 bits per heavy atom. The van der Waals surface area contributed by atoms with E-state index < -0.39 is 11.7 Å². The number of halogens is 3. The molecule has 0 saturated carbocycles. The molecule has 1 aromatic carbocycles. The normalized spacial score (nSPS) is 10.1. The van der Waals surface area contributed by atoms with Crippen LogP contribution < -0.4 is 5.30 Å². The molecular weight excluding hydrogens is 294 g/mol. The predicted molar refractivity (Wildman–Crippen MR) is 90.4 cm³/mol. The Morgan fingerprint density at radius 1 is 1.14 bits per heavy atom. The average molecular weight is 317 g/mol. The van der Waals surface area contributed by atoms with Gasteiger partial charge in [-0.1, -0.05) is 40.3 Å². The molecule has 0 aromatic heterocycles. The first kappa shape index (κ1) is 21.9. The second kappa shape index (κ2) is 11.3. The summed E-state index contributed by atoms with van der Waals surface area (Å²) in [5.74, 6) is 0. The fraction of sp³-hybridized carbons (Fsp3) is 0.312. The van der Waals surface area contributed by atoms with E-state index >= 15 is 0 Å². The molecule has 0 aliphatic rings. The van der Waals surface area contributed by atoms with Gasteiger partial charge in [0.25, 0.3) is 0 Å². The van der Waals surface area contributed by atoms with Crippen molar-refractivity contribution < 1.29 is 13.2 Å². The minimum Gasteiger partial charge on any atom is -0.309 e. The van der Waals surface area contributed by atoms with E-state index in [1.165, 1.54) is 12.2 Å². The molecule has 0 aliphatic carbocycles. The molecule has 0 fully saturated rings. The molecule has 1 unspecified atom stereocenters. The first-order valence-corrected chi connectivity index (χ1v) is 7.26. The van der Waals surface area contributed by atoms with Crippen LogP contribution in [0, 0.1) is 5.41 Å². The van der Waals surface area contributed by atoms with Gasteiger partial charge in [0.2, 0.25) is 0 Å². The topological polar surface area (TPSA) is 23.9 Å². The van der Waals surface area contributed by atoms with Crippen molar-refractivity contribution in [2.24, 2.45) is 0 Å². The number of hydrogen-bond donors (Lipinski definition) is 1. The average Bonchev–Trinajstić information content (AvgIpc) is 2.47. The molecule has 118 valence electrons. The van der Waals surface area contributed by atoms with Gasteiger partial charge in [-0.3, -0.25) is 0 Å². The van der Waals surface area contributed by atoms with Gasteiger partial charge >= 0.3 is 6.18 Å². The van der Waals surface area contributed by atoms with Crippen LogP contribution in [0.1, 0.15) is 38.8 Å². The summed E-state index contributed by atoms with van der Waals surface area (Å²) in [7, 11) is 2.24. The van der Waals surface area contributed by atoms with Gasteiger partial charge in [-0.15, -0.1) is 9.24 Å². The largest absolute Gasteiger partial charge is 0.416 e. The molecule has 1 N–H and O–H groups in total. The summed E-state index contributed by atoms with van der Waals surface area (Å²) in [5, 5.41) is 7.25. The smallest absolute Gasteiger partial charge is 0.309 e. The molecule has 0 saturated heterocycles. The molecule has 1 aromatic rings. The molecule has 0 aliphatic heterocycles. The Labute approximate surface area is 127 Å². The Morgan fingerprint density at radius 2 is 1.67 bits per heavy atom. The molecule has 0 radical (unpaired) electrons. The number of allylic oxidation sites excluding steroid dienone is 3. The third-order valence-electron chi connectivity index (χ3n) is 2.05. The minimum atomic E-state index is -4.37. The highest BCUT2D eigenvalue weighted by Crippen LogP contribution is 2.30. The maximum Gasteiger partial charge on any atom is 0.416 e. The Kier molecular flexibility index (Phi) is 11.7. The monoisotopic (exact) mass is 317 g/mol. The Hall–Kier alpha value is -1.41. The second-order valence-electron chi connectivity index (χ2n) is 3.39. The van der Waals surface area contributed by atoms with Crippen molar-refractivity contribution in [3.05, 3.63) is 48.1 Å². The van der Waals surface area contributed by atoms with Crippen LogP contribution in [0.4, 0.5) is 13.2 Å². The summed E-state index contributed by atoms with van der Waals surface area (Å²) in [6.45, 7) is 11.7. The lowest BCUT2D eigenvalue weighted by molar-refractivity contribution is -0.137. The summed E-state index contributed by atoms with van der Waals surface area (Å²) in [4.78, 5) is 0. The molecule has 0 heterocycles. The van der Waals surface area contributed by atoms with Crippen molar-refractivity contribution in [2.75, 3.05) is 0 Å². The van der Waals surface area contributed by atoms with E-state index in [1.54, 1.807) is 6.07 Å². The molecule has 0 bridgehead atoms. The standard InChI is InChI=1S/C12H11F3NP.2C2H6/c1-8(3-2-4-16)9-5-10(12(13,14)15)7-11(17)6-9;2*1-2/h2-7,16H,1,17H2;2*1-2H3/b3-2-,16-4?;;. The van der Waals surface area contributed by atoms with E-state index in [2.05, 4.69) is 15.8 Å². The van der Waals surface area contributed by atoms with Crippen molar-refractivity contribution in [1.82, 2.24) is 0 Å². The van der Waals surface area contributed by atoms with Gasteiger partial charge in [0.15, 0.2) is 0 Å². The molecule has 1 nitrogen and oxygen atoms in total. The molecule has 1 atom stereocenters. The Balaban J connectivity index is 0.